The second kappa shape index (κ2) is 11.6. The highest BCUT2D eigenvalue weighted by atomic mass is 127. The molecule has 0 aromatic heterocycles. The van der Waals surface area contributed by atoms with E-state index in [1.54, 1.807) is 0 Å². The predicted molar refractivity (Wildman–Crippen MR) is 158 cm³/mol. The maximum Gasteiger partial charge on any atom is 0.225 e. The van der Waals surface area contributed by atoms with Crippen LogP contribution in [0.1, 0.15) is 66.7 Å². The molecule has 1 aliphatic rings. The fourth-order valence-electron chi connectivity index (χ4n) is 5.07. The Hall–Kier alpha value is -2.29. The topological polar surface area (TPSA) is 50.4 Å². The number of fused-ring (bicyclic) bond motifs is 1. The minimum Gasteiger partial charge on any atom is -0.385 e. The van der Waals surface area contributed by atoms with Gasteiger partial charge in [-0.15, -0.1) is 0 Å². The van der Waals surface area contributed by atoms with Gasteiger partial charge in [0.2, 0.25) is 3.79 Å². The van der Waals surface area contributed by atoms with Gasteiger partial charge in [0.05, 0.1) is 5.60 Å². The molecular formula is C31H36FIN2O2. The van der Waals surface area contributed by atoms with E-state index in [1.807, 2.05) is 55.5 Å². The van der Waals surface area contributed by atoms with Gasteiger partial charge in [-0.05, 0) is 93.0 Å². The van der Waals surface area contributed by atoms with Crippen molar-refractivity contribution in [1.82, 2.24) is 5.32 Å². The lowest BCUT2D eigenvalue weighted by Crippen LogP contribution is -2.29. The number of rotatable bonds is 8. The first-order valence-corrected chi connectivity index (χ1v) is 13.9. The minimum absolute atomic E-state index is 0.0183. The van der Waals surface area contributed by atoms with Crippen molar-refractivity contribution < 1.29 is 13.9 Å². The van der Waals surface area contributed by atoms with Crippen LogP contribution in [0.15, 0.2) is 48.5 Å². The molecule has 6 heteroatoms. The Bertz CT molecular complexity index is 1260. The van der Waals surface area contributed by atoms with Gasteiger partial charge < -0.3 is 15.4 Å². The van der Waals surface area contributed by atoms with E-state index in [4.69, 9.17) is 4.74 Å². The number of ether oxygens (including phenoxy) is 1. The quantitative estimate of drug-likeness (QED) is 0.203. The van der Waals surface area contributed by atoms with Crippen LogP contribution in [0.2, 0.25) is 0 Å². The summed E-state index contributed by atoms with van der Waals surface area (Å²) in [7, 11) is 0. The molecular weight excluding hydrogens is 578 g/mol. The molecule has 37 heavy (non-hydrogen) atoms. The fraction of sp³-hybridized carbons (Fsp3) is 0.387. The summed E-state index contributed by atoms with van der Waals surface area (Å²) in [5.41, 5.74) is 9.53. The highest BCUT2D eigenvalue weighted by Crippen LogP contribution is 2.45. The van der Waals surface area contributed by atoms with Gasteiger partial charge in [-0.3, -0.25) is 4.79 Å². The largest absolute Gasteiger partial charge is 0.385 e. The number of anilines is 1. The summed E-state index contributed by atoms with van der Waals surface area (Å²) in [4.78, 5) is 13.1. The van der Waals surface area contributed by atoms with Crippen LogP contribution in [0.25, 0.3) is 11.1 Å². The van der Waals surface area contributed by atoms with E-state index in [2.05, 4.69) is 48.7 Å². The third-order valence-electron chi connectivity index (χ3n) is 6.76. The molecule has 196 valence electrons. The zero-order valence-corrected chi connectivity index (χ0v) is 24.5. The summed E-state index contributed by atoms with van der Waals surface area (Å²) >= 11 is 1.89. The number of nitrogens with one attached hydrogen (secondary N) is 2. The molecule has 1 unspecified atom stereocenters. The Kier molecular flexibility index (Phi) is 8.71. The van der Waals surface area contributed by atoms with E-state index in [-0.39, 0.29) is 9.61 Å². The second-order valence-electron chi connectivity index (χ2n) is 10.8. The number of aryl methyl sites for hydroxylation is 1. The Morgan fingerprint density at radius 2 is 1.76 bits per heavy atom. The standard InChI is InChI=1S/C31H36FIN2O2/c1-19-8-12-22(13-9-19)26-20(2)25(18-34-17-21-10-14-23(32)15-11-21)28-24(7-6-16-35-28)27(26)29(30(33)36)37-31(3,4)5/h8-15,29,34-35H,6-7,16-18H2,1-5H3. The minimum atomic E-state index is -0.662. The highest BCUT2D eigenvalue weighted by Gasteiger charge is 2.34. The molecule has 0 saturated carbocycles. The van der Waals surface area contributed by atoms with Gasteiger partial charge in [0.25, 0.3) is 0 Å². The molecule has 0 amide bonds. The molecule has 2 N–H and O–H groups in total. The Labute approximate surface area is 233 Å². The summed E-state index contributed by atoms with van der Waals surface area (Å²) < 4.78 is 19.8. The van der Waals surface area contributed by atoms with Gasteiger partial charge in [-0.25, -0.2) is 4.39 Å². The number of carbonyl (C=O) groups excluding carboxylic acids is 1. The van der Waals surface area contributed by atoms with Crippen molar-refractivity contribution >= 4 is 32.1 Å². The van der Waals surface area contributed by atoms with Crippen molar-refractivity contribution in [1.29, 1.82) is 0 Å². The molecule has 3 aromatic rings. The lowest BCUT2D eigenvalue weighted by Gasteiger charge is -2.34. The predicted octanol–water partition coefficient (Wildman–Crippen LogP) is 7.58. The summed E-state index contributed by atoms with van der Waals surface area (Å²) in [6, 6.07) is 15.1. The Morgan fingerprint density at radius 1 is 1.08 bits per heavy atom. The number of hydrogen-bond acceptors (Lipinski definition) is 4. The Balaban J connectivity index is 1.86. The van der Waals surface area contributed by atoms with Crippen molar-refractivity contribution in [3.63, 3.8) is 0 Å². The number of hydrogen-bond donors (Lipinski definition) is 2. The van der Waals surface area contributed by atoms with Crippen LogP contribution in [-0.4, -0.2) is 15.9 Å². The summed E-state index contributed by atoms with van der Waals surface area (Å²) in [5, 5.41) is 7.22. The van der Waals surface area contributed by atoms with Gasteiger partial charge in [-0.2, -0.15) is 0 Å². The van der Waals surface area contributed by atoms with E-state index in [1.165, 1.54) is 28.8 Å². The van der Waals surface area contributed by atoms with Crippen molar-refractivity contribution in [2.45, 2.75) is 72.3 Å². The molecule has 0 spiro atoms. The summed E-state index contributed by atoms with van der Waals surface area (Å²) in [6.07, 6.45) is 1.22. The van der Waals surface area contributed by atoms with Crippen LogP contribution in [0, 0.1) is 19.7 Å². The average Bonchev–Trinajstić information content (AvgIpc) is 2.85. The molecule has 4 nitrogen and oxygen atoms in total. The number of carbonyl (C=O) groups is 1. The highest BCUT2D eigenvalue weighted by molar-refractivity contribution is 14.1. The Morgan fingerprint density at radius 3 is 2.38 bits per heavy atom. The third-order valence-corrected chi connectivity index (χ3v) is 7.32. The molecule has 1 atom stereocenters. The molecule has 1 heterocycles. The van der Waals surface area contributed by atoms with E-state index in [9.17, 15) is 9.18 Å². The first-order valence-electron chi connectivity index (χ1n) is 12.9. The van der Waals surface area contributed by atoms with E-state index >= 15 is 0 Å². The summed E-state index contributed by atoms with van der Waals surface area (Å²) in [5.74, 6) is -0.229. The van der Waals surface area contributed by atoms with Gasteiger partial charge in [-0.1, -0.05) is 42.0 Å². The van der Waals surface area contributed by atoms with Gasteiger partial charge >= 0.3 is 0 Å². The second-order valence-corrected chi connectivity index (χ2v) is 11.8. The maximum absolute atomic E-state index is 13.3. The molecule has 1 aliphatic heterocycles. The van der Waals surface area contributed by atoms with Crippen LogP contribution in [-0.2, 0) is 29.0 Å². The van der Waals surface area contributed by atoms with E-state index in [0.717, 1.165) is 52.9 Å². The SMILES string of the molecule is Cc1ccc(-c2c(C)c(CNCc3ccc(F)cc3)c3c(c2C(OC(C)(C)C)C(=O)I)CCCN3)cc1. The van der Waals surface area contributed by atoms with Crippen molar-refractivity contribution in [3.8, 4) is 11.1 Å². The van der Waals surface area contributed by atoms with Crippen molar-refractivity contribution in [2.75, 3.05) is 11.9 Å². The van der Waals surface area contributed by atoms with Gasteiger partial charge in [0, 0.05) is 53.5 Å². The van der Waals surface area contributed by atoms with E-state index in [0.29, 0.717) is 13.1 Å². The lowest BCUT2D eigenvalue weighted by molar-refractivity contribution is -0.130. The molecule has 4 rings (SSSR count). The van der Waals surface area contributed by atoms with Crippen LogP contribution >= 0.6 is 22.6 Å². The normalized spacial score (nSPS) is 14.1. The molecule has 0 aliphatic carbocycles. The third kappa shape index (κ3) is 6.59. The van der Waals surface area contributed by atoms with Gasteiger partial charge in [0.15, 0.2) is 6.10 Å². The van der Waals surface area contributed by atoms with E-state index < -0.39 is 11.7 Å². The molecule has 0 fully saturated rings. The molecule has 0 bridgehead atoms. The molecule has 3 aromatic carbocycles. The van der Waals surface area contributed by atoms with Gasteiger partial charge in [0.1, 0.15) is 5.82 Å². The molecule has 0 radical (unpaired) electrons. The molecule has 0 saturated heterocycles. The van der Waals surface area contributed by atoms with Crippen LogP contribution in [0.4, 0.5) is 10.1 Å². The first-order chi connectivity index (χ1) is 17.5. The summed E-state index contributed by atoms with van der Waals surface area (Å²) in [6.45, 7) is 12.4. The number of benzene rings is 3. The lowest BCUT2D eigenvalue weighted by atomic mass is 9.81. The van der Waals surface area contributed by atoms with Crippen LogP contribution in [0.3, 0.4) is 0 Å². The smallest absolute Gasteiger partial charge is 0.225 e. The first kappa shape index (κ1) is 27.7. The van der Waals surface area contributed by atoms with Crippen LogP contribution < -0.4 is 10.6 Å². The zero-order chi connectivity index (χ0) is 26.7. The monoisotopic (exact) mass is 614 g/mol. The van der Waals surface area contributed by atoms with Crippen molar-refractivity contribution in [2.24, 2.45) is 0 Å². The number of halogens is 2. The zero-order valence-electron chi connectivity index (χ0n) is 22.3. The fourth-order valence-corrected chi connectivity index (χ4v) is 5.51. The van der Waals surface area contributed by atoms with Crippen LogP contribution in [0.5, 0.6) is 0 Å². The average molecular weight is 615 g/mol. The maximum atomic E-state index is 13.3. The van der Waals surface area contributed by atoms with Crippen molar-refractivity contribution in [3.05, 3.63) is 87.7 Å².